The number of hydrogen-bond acceptors (Lipinski definition) is 4. The molecule has 122 valence electrons. The maximum atomic E-state index is 12.4. The molecule has 2 amide bonds. The van der Waals surface area contributed by atoms with Gasteiger partial charge in [-0.3, -0.25) is 9.59 Å². The van der Waals surface area contributed by atoms with Crippen LogP contribution < -0.4 is 5.32 Å². The second kappa shape index (κ2) is 7.24. The van der Waals surface area contributed by atoms with Crippen LogP contribution in [0.5, 0.6) is 0 Å². The minimum absolute atomic E-state index is 0.0912. The molecule has 1 heterocycles. The summed E-state index contributed by atoms with van der Waals surface area (Å²) < 4.78 is 23.9. The summed E-state index contributed by atoms with van der Waals surface area (Å²) in [5, 5.41) is 2.25. The molecule has 0 aliphatic carbocycles. The van der Waals surface area contributed by atoms with Gasteiger partial charge in [0.25, 0.3) is 0 Å². The van der Waals surface area contributed by atoms with E-state index in [1.807, 2.05) is 13.8 Å². The quantitative estimate of drug-likeness (QED) is 0.749. The van der Waals surface area contributed by atoms with E-state index in [0.29, 0.717) is 12.8 Å². The van der Waals surface area contributed by atoms with Gasteiger partial charge in [0.1, 0.15) is 12.1 Å². The van der Waals surface area contributed by atoms with Crippen LogP contribution in [0.2, 0.25) is 0 Å². The van der Waals surface area contributed by atoms with E-state index in [-0.39, 0.29) is 24.1 Å². The number of sulfone groups is 1. The normalized spacial score (nSPS) is 23.6. The van der Waals surface area contributed by atoms with Gasteiger partial charge in [-0.15, -0.1) is 0 Å². The third kappa shape index (κ3) is 4.18. The minimum Gasteiger partial charge on any atom is -0.343 e. The average Bonchev–Trinajstić information content (AvgIpc) is 2.41. The monoisotopic (exact) mass is 318 g/mol. The zero-order chi connectivity index (χ0) is 16.2. The predicted molar refractivity (Wildman–Crippen MR) is 81.6 cm³/mol. The van der Waals surface area contributed by atoms with E-state index in [1.54, 1.807) is 13.8 Å². The number of amides is 2. The summed E-state index contributed by atoms with van der Waals surface area (Å²) in [6.07, 6.45) is 1.82. The summed E-state index contributed by atoms with van der Waals surface area (Å²) in [4.78, 5) is 26.0. The lowest BCUT2D eigenvalue weighted by Gasteiger charge is -2.38. The Morgan fingerprint density at radius 2 is 1.86 bits per heavy atom. The van der Waals surface area contributed by atoms with E-state index in [4.69, 9.17) is 0 Å². The maximum Gasteiger partial charge on any atom is 0.245 e. The van der Waals surface area contributed by atoms with Gasteiger partial charge in [0.2, 0.25) is 11.8 Å². The summed E-state index contributed by atoms with van der Waals surface area (Å²) >= 11 is 0. The number of nitrogens with zero attached hydrogens (tertiary/aromatic N) is 1. The van der Waals surface area contributed by atoms with Gasteiger partial charge in [0.15, 0.2) is 9.84 Å². The molecule has 0 bridgehead atoms. The van der Waals surface area contributed by atoms with Crippen molar-refractivity contribution in [3.63, 3.8) is 0 Å². The molecule has 0 aromatic heterocycles. The fraction of sp³-hybridized carbons (Fsp3) is 0.857. The van der Waals surface area contributed by atoms with Crippen molar-refractivity contribution in [3.8, 4) is 0 Å². The first kappa shape index (κ1) is 17.9. The highest BCUT2D eigenvalue weighted by Gasteiger charge is 2.39. The highest BCUT2D eigenvalue weighted by molar-refractivity contribution is 7.92. The highest BCUT2D eigenvalue weighted by atomic mass is 32.2. The summed E-state index contributed by atoms with van der Waals surface area (Å²) in [6.45, 7) is 7.10. The van der Waals surface area contributed by atoms with Crippen molar-refractivity contribution in [2.24, 2.45) is 0 Å². The largest absolute Gasteiger partial charge is 0.343 e. The van der Waals surface area contributed by atoms with Crippen LogP contribution in [-0.4, -0.2) is 54.8 Å². The molecule has 7 heteroatoms. The number of hydrogen-bond donors (Lipinski definition) is 1. The van der Waals surface area contributed by atoms with Crippen LogP contribution in [0.15, 0.2) is 0 Å². The number of rotatable bonds is 7. The van der Waals surface area contributed by atoms with Crippen molar-refractivity contribution in [1.82, 2.24) is 10.2 Å². The zero-order valence-corrected chi connectivity index (χ0v) is 14.1. The average molecular weight is 318 g/mol. The van der Waals surface area contributed by atoms with Crippen molar-refractivity contribution in [3.05, 3.63) is 0 Å². The van der Waals surface area contributed by atoms with E-state index in [0.717, 1.165) is 6.42 Å². The van der Waals surface area contributed by atoms with Crippen LogP contribution >= 0.6 is 0 Å². The molecule has 0 aromatic carbocycles. The van der Waals surface area contributed by atoms with Gasteiger partial charge in [-0.1, -0.05) is 20.3 Å². The van der Waals surface area contributed by atoms with Crippen molar-refractivity contribution in [2.45, 2.75) is 64.3 Å². The molecule has 1 fully saturated rings. The Hall–Kier alpha value is -1.11. The Bertz CT molecular complexity index is 487. The zero-order valence-electron chi connectivity index (χ0n) is 13.3. The molecule has 0 radical (unpaired) electrons. The fourth-order valence-electron chi connectivity index (χ4n) is 2.39. The first-order valence-corrected chi connectivity index (χ1v) is 9.28. The highest BCUT2D eigenvalue weighted by Crippen LogP contribution is 2.17. The van der Waals surface area contributed by atoms with Gasteiger partial charge in [-0.05, 0) is 26.7 Å². The minimum atomic E-state index is -3.23. The summed E-state index contributed by atoms with van der Waals surface area (Å²) in [6, 6.07) is -1.08. The molecule has 2 unspecified atom stereocenters. The molecule has 0 saturated carbocycles. The Labute approximate surface area is 127 Å². The first-order valence-electron chi connectivity index (χ1n) is 7.57. The van der Waals surface area contributed by atoms with Crippen LogP contribution in [0.25, 0.3) is 0 Å². The van der Waals surface area contributed by atoms with Gasteiger partial charge < -0.3 is 10.2 Å². The van der Waals surface area contributed by atoms with E-state index < -0.39 is 27.2 Å². The third-order valence-electron chi connectivity index (χ3n) is 3.88. The van der Waals surface area contributed by atoms with Crippen LogP contribution in [0.3, 0.4) is 0 Å². The molecular weight excluding hydrogens is 292 g/mol. The van der Waals surface area contributed by atoms with Crippen LogP contribution in [-0.2, 0) is 19.4 Å². The van der Waals surface area contributed by atoms with E-state index in [1.165, 1.54) is 4.90 Å². The maximum absolute atomic E-state index is 12.4. The predicted octanol–water partition coefficient (Wildman–Crippen LogP) is 0.715. The molecular formula is C14H26N2O4S. The van der Waals surface area contributed by atoms with Crippen molar-refractivity contribution in [2.75, 3.05) is 12.3 Å². The summed E-state index contributed by atoms with van der Waals surface area (Å²) in [7, 11) is -3.23. The van der Waals surface area contributed by atoms with Gasteiger partial charge in [-0.25, -0.2) is 8.42 Å². The van der Waals surface area contributed by atoms with Gasteiger partial charge in [0, 0.05) is 6.54 Å². The SMILES string of the molecule is CCCC1C(=O)NC(CC)C(=O)N1CCS(=O)(=O)C(C)C. The van der Waals surface area contributed by atoms with Crippen LogP contribution in [0, 0.1) is 0 Å². The second-order valence-electron chi connectivity index (χ2n) is 5.72. The lowest BCUT2D eigenvalue weighted by molar-refractivity contribution is -0.149. The Morgan fingerprint density at radius 1 is 1.24 bits per heavy atom. The van der Waals surface area contributed by atoms with Crippen LogP contribution in [0.1, 0.15) is 47.0 Å². The summed E-state index contributed by atoms with van der Waals surface area (Å²) in [5.41, 5.74) is 0. The Morgan fingerprint density at radius 3 is 2.33 bits per heavy atom. The Balaban J connectivity index is 2.90. The van der Waals surface area contributed by atoms with Crippen molar-refractivity contribution < 1.29 is 18.0 Å². The topological polar surface area (TPSA) is 83.6 Å². The van der Waals surface area contributed by atoms with E-state index in [2.05, 4.69) is 5.32 Å². The van der Waals surface area contributed by atoms with Crippen LogP contribution in [0.4, 0.5) is 0 Å². The molecule has 1 aliphatic heterocycles. The standard InChI is InChI=1S/C14H26N2O4S/c1-5-7-12-13(17)15-11(6-2)14(18)16(12)8-9-21(19,20)10(3)4/h10-12H,5-9H2,1-4H3,(H,15,17). The number of carbonyl (C=O) groups excluding carboxylic acids is 2. The number of nitrogens with one attached hydrogen (secondary N) is 1. The van der Waals surface area contributed by atoms with Gasteiger partial charge in [-0.2, -0.15) is 0 Å². The number of piperazine rings is 1. The van der Waals surface area contributed by atoms with Gasteiger partial charge >= 0.3 is 0 Å². The smallest absolute Gasteiger partial charge is 0.245 e. The first-order chi connectivity index (χ1) is 9.74. The fourth-order valence-corrected chi connectivity index (χ4v) is 3.31. The molecule has 0 spiro atoms. The van der Waals surface area contributed by atoms with E-state index in [9.17, 15) is 18.0 Å². The third-order valence-corrected chi connectivity index (χ3v) is 6.07. The molecule has 21 heavy (non-hydrogen) atoms. The molecule has 1 rings (SSSR count). The molecule has 6 nitrogen and oxygen atoms in total. The molecule has 2 atom stereocenters. The Kier molecular flexibility index (Phi) is 6.19. The van der Waals surface area contributed by atoms with Crippen molar-refractivity contribution in [1.29, 1.82) is 0 Å². The molecule has 0 aromatic rings. The van der Waals surface area contributed by atoms with Gasteiger partial charge in [0.05, 0.1) is 11.0 Å². The van der Waals surface area contributed by atoms with Crippen molar-refractivity contribution >= 4 is 21.7 Å². The lowest BCUT2D eigenvalue weighted by atomic mass is 10.0. The summed E-state index contributed by atoms with van der Waals surface area (Å²) in [5.74, 6) is -0.444. The number of carbonyl (C=O) groups is 2. The molecule has 1 saturated heterocycles. The molecule has 1 N–H and O–H groups in total. The lowest BCUT2D eigenvalue weighted by Crippen LogP contribution is -2.63. The molecule has 1 aliphatic rings. The van der Waals surface area contributed by atoms with E-state index >= 15 is 0 Å². The second-order valence-corrected chi connectivity index (χ2v) is 8.40.